The molecule has 0 bridgehead atoms. The zero-order valence-electron chi connectivity index (χ0n) is 8.83. The van der Waals surface area contributed by atoms with E-state index in [9.17, 15) is 4.79 Å². The van der Waals surface area contributed by atoms with Crippen molar-refractivity contribution >= 4 is 27.6 Å². The van der Waals surface area contributed by atoms with Gasteiger partial charge in [-0.1, -0.05) is 18.9 Å². The first-order valence-corrected chi connectivity index (χ1v) is 5.64. The number of carboxylic acids is 1. The zero-order chi connectivity index (χ0) is 12.1. The molecule has 0 saturated heterocycles. The summed E-state index contributed by atoms with van der Waals surface area (Å²) in [6.07, 6.45) is 6.06. The maximum atomic E-state index is 11.1. The van der Waals surface area contributed by atoms with Crippen molar-refractivity contribution in [3.8, 4) is 12.3 Å². The van der Waals surface area contributed by atoms with Crippen LogP contribution in [0.2, 0.25) is 0 Å². The molecule has 0 aliphatic heterocycles. The van der Waals surface area contributed by atoms with E-state index < -0.39 is 5.97 Å². The smallest absolute Gasteiger partial charge is 0.338 e. The fraction of sp³-hybridized carbons (Fsp3) is 0.250. The molecule has 2 N–H and O–H groups in total. The standard InChI is InChI=1S/C12H12BrNO2/c1-3-8(4-2)14-10-7-5-6-9(13)11(10)12(15)16/h1,5-8,14H,4H2,2H3,(H,15,16). The summed E-state index contributed by atoms with van der Waals surface area (Å²) in [5.74, 6) is 1.58. The predicted octanol–water partition coefficient (Wildman–Crippen LogP) is 2.97. The second kappa shape index (κ2) is 5.57. The molecule has 0 heterocycles. The molecule has 1 rings (SSSR count). The predicted molar refractivity (Wildman–Crippen MR) is 67.6 cm³/mol. The number of terminal acetylenes is 1. The van der Waals surface area contributed by atoms with Gasteiger partial charge in [0.2, 0.25) is 0 Å². The van der Waals surface area contributed by atoms with E-state index >= 15 is 0 Å². The van der Waals surface area contributed by atoms with Crippen molar-refractivity contribution in [1.29, 1.82) is 0 Å². The second-order valence-corrected chi connectivity index (χ2v) is 4.09. The molecule has 0 saturated carbocycles. The van der Waals surface area contributed by atoms with Crippen molar-refractivity contribution < 1.29 is 9.90 Å². The SMILES string of the molecule is C#CC(CC)Nc1cccc(Br)c1C(=O)O. The Morgan fingerprint density at radius 1 is 1.69 bits per heavy atom. The average Bonchev–Trinajstić information content (AvgIpc) is 2.25. The minimum atomic E-state index is -0.984. The highest BCUT2D eigenvalue weighted by Gasteiger charge is 2.15. The van der Waals surface area contributed by atoms with Gasteiger partial charge in [0.1, 0.15) is 0 Å². The van der Waals surface area contributed by atoms with Crippen molar-refractivity contribution in [2.24, 2.45) is 0 Å². The Balaban J connectivity index is 3.09. The molecule has 16 heavy (non-hydrogen) atoms. The Morgan fingerprint density at radius 2 is 2.38 bits per heavy atom. The van der Waals surface area contributed by atoms with Crippen molar-refractivity contribution in [2.45, 2.75) is 19.4 Å². The number of hydrogen-bond donors (Lipinski definition) is 2. The molecule has 84 valence electrons. The second-order valence-electron chi connectivity index (χ2n) is 3.24. The number of aromatic carboxylic acids is 1. The van der Waals surface area contributed by atoms with Crippen LogP contribution in [0.5, 0.6) is 0 Å². The molecule has 3 nitrogen and oxygen atoms in total. The Morgan fingerprint density at radius 3 is 2.88 bits per heavy atom. The van der Waals surface area contributed by atoms with Gasteiger partial charge in [-0.2, -0.15) is 0 Å². The fourth-order valence-corrected chi connectivity index (χ4v) is 1.85. The maximum Gasteiger partial charge on any atom is 0.338 e. The van der Waals surface area contributed by atoms with E-state index in [1.165, 1.54) is 0 Å². The summed E-state index contributed by atoms with van der Waals surface area (Å²) < 4.78 is 0.539. The van der Waals surface area contributed by atoms with Gasteiger partial charge in [-0.05, 0) is 34.5 Å². The van der Waals surface area contributed by atoms with Crippen LogP contribution in [0.15, 0.2) is 22.7 Å². The first-order valence-electron chi connectivity index (χ1n) is 4.84. The van der Waals surface area contributed by atoms with Crippen molar-refractivity contribution in [3.05, 3.63) is 28.2 Å². The highest BCUT2D eigenvalue weighted by atomic mass is 79.9. The van der Waals surface area contributed by atoms with Gasteiger partial charge >= 0.3 is 5.97 Å². The van der Waals surface area contributed by atoms with Gasteiger partial charge in [-0.15, -0.1) is 6.42 Å². The van der Waals surface area contributed by atoms with E-state index in [4.69, 9.17) is 11.5 Å². The van der Waals surface area contributed by atoms with Gasteiger partial charge in [0.15, 0.2) is 0 Å². The van der Waals surface area contributed by atoms with Crippen LogP contribution in [0.4, 0.5) is 5.69 Å². The number of carbonyl (C=O) groups is 1. The third-order valence-corrected chi connectivity index (χ3v) is 2.83. The molecule has 0 aromatic heterocycles. The quantitative estimate of drug-likeness (QED) is 0.835. The molecular formula is C12H12BrNO2. The summed E-state index contributed by atoms with van der Waals surface area (Å²) in [6.45, 7) is 1.94. The summed E-state index contributed by atoms with van der Waals surface area (Å²) in [6, 6.07) is 4.99. The number of hydrogen-bond acceptors (Lipinski definition) is 2. The minimum Gasteiger partial charge on any atom is -0.478 e. The van der Waals surface area contributed by atoms with E-state index in [-0.39, 0.29) is 11.6 Å². The highest BCUT2D eigenvalue weighted by molar-refractivity contribution is 9.10. The zero-order valence-corrected chi connectivity index (χ0v) is 10.4. The van der Waals surface area contributed by atoms with Crippen LogP contribution in [0, 0.1) is 12.3 Å². The normalized spacial score (nSPS) is 11.6. The van der Waals surface area contributed by atoms with Gasteiger partial charge in [-0.25, -0.2) is 4.79 Å². The first kappa shape index (κ1) is 12.6. The van der Waals surface area contributed by atoms with E-state index in [2.05, 4.69) is 27.2 Å². The van der Waals surface area contributed by atoms with Crippen LogP contribution in [-0.2, 0) is 0 Å². The number of anilines is 1. The van der Waals surface area contributed by atoms with E-state index in [1.807, 2.05) is 6.92 Å². The van der Waals surface area contributed by atoms with Crippen LogP contribution in [-0.4, -0.2) is 17.1 Å². The summed E-state index contributed by atoms with van der Waals surface area (Å²) in [4.78, 5) is 11.1. The van der Waals surface area contributed by atoms with Crippen LogP contribution in [0.25, 0.3) is 0 Å². The molecule has 0 spiro atoms. The van der Waals surface area contributed by atoms with Gasteiger partial charge in [-0.3, -0.25) is 0 Å². The van der Waals surface area contributed by atoms with Crippen molar-refractivity contribution in [3.63, 3.8) is 0 Å². The van der Waals surface area contributed by atoms with Crippen LogP contribution >= 0.6 is 15.9 Å². The number of nitrogens with one attached hydrogen (secondary N) is 1. The molecule has 1 aromatic carbocycles. The Kier molecular flexibility index (Phi) is 4.39. The fourth-order valence-electron chi connectivity index (χ4n) is 1.31. The molecule has 0 radical (unpaired) electrons. The van der Waals surface area contributed by atoms with Crippen molar-refractivity contribution in [1.82, 2.24) is 0 Å². The average molecular weight is 282 g/mol. The van der Waals surface area contributed by atoms with Gasteiger partial charge in [0, 0.05) is 4.47 Å². The number of rotatable bonds is 4. The highest BCUT2D eigenvalue weighted by Crippen LogP contribution is 2.25. The van der Waals surface area contributed by atoms with E-state index in [1.54, 1.807) is 18.2 Å². The molecule has 0 amide bonds. The van der Waals surface area contributed by atoms with Gasteiger partial charge in [0.05, 0.1) is 17.3 Å². The lowest BCUT2D eigenvalue weighted by atomic mass is 10.1. The summed E-state index contributed by atoms with van der Waals surface area (Å²) >= 11 is 3.21. The molecule has 4 heteroatoms. The Bertz CT molecular complexity index is 437. The Labute approximate surface area is 103 Å². The lowest BCUT2D eigenvalue weighted by molar-refractivity contribution is 0.0697. The van der Waals surface area contributed by atoms with Gasteiger partial charge in [0.25, 0.3) is 0 Å². The first-order chi connectivity index (χ1) is 7.60. The van der Waals surface area contributed by atoms with Crippen molar-refractivity contribution in [2.75, 3.05) is 5.32 Å². The molecule has 1 aromatic rings. The number of halogens is 1. The largest absolute Gasteiger partial charge is 0.478 e. The molecule has 0 aliphatic carbocycles. The summed E-state index contributed by atoms with van der Waals surface area (Å²) in [7, 11) is 0. The third-order valence-electron chi connectivity index (χ3n) is 2.17. The van der Waals surface area contributed by atoms with Crippen LogP contribution in [0.3, 0.4) is 0 Å². The van der Waals surface area contributed by atoms with E-state index in [0.29, 0.717) is 10.2 Å². The Hall–Kier alpha value is -1.47. The molecule has 1 unspecified atom stereocenters. The minimum absolute atomic E-state index is 0.160. The van der Waals surface area contributed by atoms with Crippen LogP contribution in [0.1, 0.15) is 23.7 Å². The lowest BCUT2D eigenvalue weighted by Gasteiger charge is -2.15. The monoisotopic (exact) mass is 281 g/mol. The lowest BCUT2D eigenvalue weighted by Crippen LogP contribution is -2.18. The number of carboxylic acid groups (broad SMARTS) is 1. The van der Waals surface area contributed by atoms with E-state index in [0.717, 1.165) is 6.42 Å². The maximum absolute atomic E-state index is 11.1. The molecule has 1 atom stereocenters. The van der Waals surface area contributed by atoms with Gasteiger partial charge < -0.3 is 10.4 Å². The topological polar surface area (TPSA) is 49.3 Å². The molecule has 0 aliphatic rings. The number of benzene rings is 1. The molecular weight excluding hydrogens is 270 g/mol. The summed E-state index contributed by atoms with van der Waals surface area (Å²) in [5.41, 5.74) is 0.739. The third kappa shape index (κ3) is 2.77. The van der Waals surface area contributed by atoms with Crippen LogP contribution < -0.4 is 5.32 Å². The molecule has 0 fully saturated rings. The summed E-state index contributed by atoms with van der Waals surface area (Å²) in [5, 5.41) is 12.1.